The zero-order valence-electron chi connectivity index (χ0n) is 14.4. The number of halogens is 3. The van der Waals surface area contributed by atoms with Crippen molar-refractivity contribution in [3.8, 4) is 11.6 Å². The molecule has 0 radical (unpaired) electrons. The Morgan fingerprint density at radius 3 is 2.56 bits per heavy atom. The summed E-state index contributed by atoms with van der Waals surface area (Å²) in [6.45, 7) is 1.80. The van der Waals surface area contributed by atoms with Crippen molar-refractivity contribution in [1.82, 2.24) is 15.2 Å². The van der Waals surface area contributed by atoms with Crippen molar-refractivity contribution in [2.24, 2.45) is 0 Å². The van der Waals surface area contributed by atoms with Gasteiger partial charge in [-0.1, -0.05) is 12.5 Å². The zero-order chi connectivity index (χ0) is 19.8. The Kier molecular flexibility index (Phi) is 4.98. The van der Waals surface area contributed by atoms with Gasteiger partial charge in [-0.2, -0.15) is 13.2 Å². The Morgan fingerprint density at radius 2 is 1.89 bits per heavy atom. The van der Waals surface area contributed by atoms with Crippen LogP contribution >= 0.6 is 0 Å². The summed E-state index contributed by atoms with van der Waals surface area (Å²) in [7, 11) is -4.28. The maximum Gasteiger partial charge on any atom is 0.419 e. The monoisotopic (exact) mass is 402 g/mol. The molecule has 146 valence electrons. The molecule has 1 aliphatic heterocycles. The number of sulfone groups is 1. The van der Waals surface area contributed by atoms with Gasteiger partial charge < -0.3 is 10.2 Å². The maximum atomic E-state index is 13.4. The van der Waals surface area contributed by atoms with Crippen LogP contribution in [0, 0.1) is 0 Å². The normalized spacial score (nSPS) is 19.2. The Hall–Kier alpha value is -2.43. The molecule has 2 aromatic rings. The van der Waals surface area contributed by atoms with Crippen molar-refractivity contribution >= 4 is 21.1 Å². The van der Waals surface area contributed by atoms with Crippen LogP contribution in [0.5, 0.6) is 0 Å². The number of rotatable bonds is 0. The lowest BCUT2D eigenvalue weighted by molar-refractivity contribution is -0.140. The first-order valence-electron chi connectivity index (χ1n) is 8.23. The number of alkyl halides is 3. The molecule has 0 saturated heterocycles. The molecule has 3 heterocycles. The molecular weight excluding hydrogens is 385 g/mol. The third-order valence-corrected chi connectivity index (χ3v) is 5.95. The van der Waals surface area contributed by atoms with Gasteiger partial charge in [0.15, 0.2) is 20.6 Å². The first kappa shape index (κ1) is 19.3. The quantitative estimate of drug-likeness (QED) is 0.718. The Bertz CT molecular complexity index is 997. The predicted molar refractivity (Wildman–Crippen MR) is 91.1 cm³/mol. The minimum Gasteiger partial charge on any atom is -0.415 e. The average molecular weight is 402 g/mol. The van der Waals surface area contributed by atoms with Crippen LogP contribution in [0.15, 0.2) is 21.6 Å². The van der Waals surface area contributed by atoms with Gasteiger partial charge in [0.1, 0.15) is 0 Å². The van der Waals surface area contributed by atoms with E-state index in [1.54, 1.807) is 13.0 Å². The number of nitrogen functional groups attached to an aromatic ring is 1. The van der Waals surface area contributed by atoms with Crippen molar-refractivity contribution in [2.75, 3.05) is 11.5 Å². The Balaban J connectivity index is 2.27. The molecule has 3 rings (SSSR count). The highest BCUT2D eigenvalue weighted by Crippen LogP contribution is 2.38. The zero-order valence-corrected chi connectivity index (χ0v) is 15.2. The first-order valence-corrected chi connectivity index (χ1v) is 9.88. The molecule has 2 aromatic heterocycles. The van der Waals surface area contributed by atoms with Crippen molar-refractivity contribution < 1.29 is 26.0 Å². The van der Waals surface area contributed by atoms with E-state index in [-0.39, 0.29) is 23.9 Å². The molecule has 11 heteroatoms. The van der Waals surface area contributed by atoms with Gasteiger partial charge in [0.05, 0.1) is 17.0 Å². The number of nitrogens with two attached hydrogens (primary N) is 1. The number of hydrogen-bond acceptors (Lipinski definition) is 7. The molecular formula is C16H17F3N4O3S. The standard InChI is InChI=1S/C16H17F3N4O3S/c1-2-9-6-4-3-5-7-27(24,25)15-10(16(17,18)19)8-11(20)12(21-15)14-23-22-13(9)26-14/h2,8H,3-7,20H2,1H3/b9-2-. The highest BCUT2D eigenvalue weighted by Gasteiger charge is 2.39. The van der Waals surface area contributed by atoms with E-state index in [4.69, 9.17) is 10.2 Å². The molecule has 27 heavy (non-hydrogen) atoms. The third-order valence-electron chi connectivity index (χ3n) is 4.23. The largest absolute Gasteiger partial charge is 0.419 e. The fourth-order valence-electron chi connectivity index (χ4n) is 2.83. The van der Waals surface area contributed by atoms with E-state index in [0.29, 0.717) is 25.3 Å². The first-order chi connectivity index (χ1) is 12.6. The topological polar surface area (TPSA) is 112 Å². The number of anilines is 1. The van der Waals surface area contributed by atoms with E-state index in [1.807, 2.05) is 0 Å². The molecule has 0 atom stereocenters. The molecule has 0 amide bonds. The number of fused-ring (bicyclic) bond motifs is 5. The molecule has 1 aliphatic rings. The maximum absolute atomic E-state index is 13.4. The van der Waals surface area contributed by atoms with E-state index in [0.717, 1.165) is 5.57 Å². The van der Waals surface area contributed by atoms with Crippen molar-refractivity contribution in [3.63, 3.8) is 0 Å². The summed E-state index contributed by atoms with van der Waals surface area (Å²) in [6, 6.07) is 0.551. The lowest BCUT2D eigenvalue weighted by Gasteiger charge is -2.14. The van der Waals surface area contributed by atoms with Crippen LogP contribution in [-0.4, -0.2) is 29.4 Å². The molecule has 0 spiro atoms. The average Bonchev–Trinajstić information content (AvgIpc) is 3.05. The van der Waals surface area contributed by atoms with Crippen LogP contribution in [0.4, 0.5) is 18.9 Å². The lowest BCUT2D eigenvalue weighted by Crippen LogP contribution is -2.19. The van der Waals surface area contributed by atoms with E-state index < -0.39 is 38.0 Å². The van der Waals surface area contributed by atoms with Gasteiger partial charge in [-0.25, -0.2) is 13.4 Å². The molecule has 0 unspecified atom stereocenters. The van der Waals surface area contributed by atoms with Gasteiger partial charge in [0, 0.05) is 5.57 Å². The molecule has 4 bridgehead atoms. The van der Waals surface area contributed by atoms with Crippen molar-refractivity contribution in [1.29, 1.82) is 0 Å². The summed E-state index contributed by atoms with van der Waals surface area (Å²) in [5.74, 6) is -0.463. The molecule has 7 nitrogen and oxygen atoms in total. The summed E-state index contributed by atoms with van der Waals surface area (Å²) in [4.78, 5) is 3.70. The predicted octanol–water partition coefficient (Wildman–Crippen LogP) is 3.48. The second kappa shape index (κ2) is 6.95. The van der Waals surface area contributed by atoms with Crippen molar-refractivity contribution in [2.45, 2.75) is 43.8 Å². The fourth-order valence-corrected chi connectivity index (χ4v) is 4.35. The van der Waals surface area contributed by atoms with Crippen LogP contribution < -0.4 is 5.73 Å². The molecule has 0 fully saturated rings. The molecule has 0 saturated carbocycles. The van der Waals surface area contributed by atoms with E-state index in [1.165, 1.54) is 0 Å². The fraction of sp³-hybridized carbons (Fsp3) is 0.438. The van der Waals surface area contributed by atoms with Crippen LogP contribution in [0.2, 0.25) is 0 Å². The second-order valence-corrected chi connectivity index (χ2v) is 8.16. The number of aromatic nitrogens is 3. The minimum atomic E-state index is -4.92. The van der Waals surface area contributed by atoms with Crippen molar-refractivity contribution in [3.05, 3.63) is 23.6 Å². The van der Waals surface area contributed by atoms with E-state index >= 15 is 0 Å². The number of allylic oxidation sites excluding steroid dienone is 2. The second-order valence-electron chi connectivity index (χ2n) is 6.13. The van der Waals surface area contributed by atoms with Crippen LogP contribution in [0.1, 0.15) is 44.1 Å². The van der Waals surface area contributed by atoms with E-state index in [9.17, 15) is 21.6 Å². The summed E-state index contributed by atoms with van der Waals surface area (Å²) < 4.78 is 70.7. The van der Waals surface area contributed by atoms with Gasteiger partial charge in [0.2, 0.25) is 5.89 Å². The summed E-state index contributed by atoms with van der Waals surface area (Å²) in [5, 5.41) is 6.60. The SMILES string of the molecule is C/C=C1/CCCCCS(=O)(=O)c2nc(c(N)cc2C(F)(F)F)-c2nnc1o2. The lowest BCUT2D eigenvalue weighted by atomic mass is 10.1. The van der Waals surface area contributed by atoms with Gasteiger partial charge >= 0.3 is 6.18 Å². The van der Waals surface area contributed by atoms with E-state index in [2.05, 4.69) is 15.2 Å². The van der Waals surface area contributed by atoms with Gasteiger partial charge in [-0.3, -0.25) is 0 Å². The molecule has 0 aromatic carbocycles. The van der Waals surface area contributed by atoms with Crippen LogP contribution in [0.3, 0.4) is 0 Å². The molecule has 0 aliphatic carbocycles. The highest BCUT2D eigenvalue weighted by molar-refractivity contribution is 7.91. The highest BCUT2D eigenvalue weighted by atomic mass is 32.2. The molecule has 2 N–H and O–H groups in total. The summed E-state index contributed by atoms with van der Waals surface area (Å²) in [6.07, 6.45) is -1.19. The number of pyridine rings is 1. The third kappa shape index (κ3) is 3.82. The minimum absolute atomic E-state index is 0.206. The van der Waals surface area contributed by atoms with Crippen LogP contribution in [-0.2, 0) is 16.0 Å². The van der Waals surface area contributed by atoms with Gasteiger partial charge in [-0.15, -0.1) is 10.2 Å². The number of nitrogens with zero attached hydrogens (tertiary/aromatic N) is 3. The summed E-state index contributed by atoms with van der Waals surface area (Å²) >= 11 is 0. The van der Waals surface area contributed by atoms with Crippen LogP contribution in [0.25, 0.3) is 17.2 Å². The van der Waals surface area contributed by atoms with Gasteiger partial charge in [-0.05, 0) is 32.3 Å². The number of hydrogen-bond donors (Lipinski definition) is 1. The Labute approximate surface area is 153 Å². The van der Waals surface area contributed by atoms with Gasteiger partial charge in [0.25, 0.3) is 5.89 Å². The smallest absolute Gasteiger partial charge is 0.415 e. The Morgan fingerprint density at radius 1 is 1.19 bits per heavy atom. The summed E-state index contributed by atoms with van der Waals surface area (Å²) in [5.41, 5.74) is 4.39.